The van der Waals surface area contributed by atoms with Gasteiger partial charge in [0.15, 0.2) is 11.5 Å². The summed E-state index contributed by atoms with van der Waals surface area (Å²) in [6.07, 6.45) is 0.820. The van der Waals surface area contributed by atoms with Crippen molar-refractivity contribution in [1.82, 2.24) is 5.32 Å². The van der Waals surface area contributed by atoms with E-state index in [-0.39, 0.29) is 6.04 Å². The van der Waals surface area contributed by atoms with Gasteiger partial charge in [-0.05, 0) is 24.6 Å². The van der Waals surface area contributed by atoms with Gasteiger partial charge in [0, 0.05) is 25.6 Å². The number of rotatable bonds is 7. The van der Waals surface area contributed by atoms with Gasteiger partial charge >= 0.3 is 0 Å². The number of hydrogen-bond acceptors (Lipinski definition) is 4. The monoisotopic (exact) mass is 262 g/mol. The summed E-state index contributed by atoms with van der Waals surface area (Å²) in [6.45, 7) is 3.18. The summed E-state index contributed by atoms with van der Waals surface area (Å²) in [4.78, 5) is 0. The van der Waals surface area contributed by atoms with Crippen LogP contribution in [0.4, 0.5) is 0 Å². The summed E-state index contributed by atoms with van der Waals surface area (Å²) < 4.78 is 10.5. The van der Waals surface area contributed by atoms with Crippen molar-refractivity contribution in [2.75, 3.05) is 27.3 Å². The summed E-state index contributed by atoms with van der Waals surface area (Å²) >= 11 is 0. The first-order chi connectivity index (χ1) is 9.26. The van der Waals surface area contributed by atoms with Crippen LogP contribution < -0.4 is 20.5 Å². The Balaban J connectivity index is 2.76. The molecule has 0 heterocycles. The highest BCUT2D eigenvalue weighted by molar-refractivity contribution is 5.43. The van der Waals surface area contributed by atoms with Crippen molar-refractivity contribution in [3.63, 3.8) is 0 Å². The number of benzene rings is 1. The lowest BCUT2D eigenvalue weighted by atomic mass is 10.1. The van der Waals surface area contributed by atoms with Gasteiger partial charge in [-0.2, -0.15) is 0 Å². The van der Waals surface area contributed by atoms with Crippen molar-refractivity contribution < 1.29 is 9.47 Å². The molecule has 0 amide bonds. The Labute approximate surface area is 115 Å². The van der Waals surface area contributed by atoms with Gasteiger partial charge in [0.1, 0.15) is 0 Å². The van der Waals surface area contributed by atoms with E-state index < -0.39 is 0 Å². The predicted octanol–water partition coefficient (Wildman–Crippen LogP) is 1.71. The largest absolute Gasteiger partial charge is 0.493 e. The van der Waals surface area contributed by atoms with Gasteiger partial charge in [0.2, 0.25) is 0 Å². The second-order valence-corrected chi connectivity index (χ2v) is 4.03. The summed E-state index contributed by atoms with van der Waals surface area (Å²) in [5, 5.41) is 3.39. The normalized spacial score (nSPS) is 11.4. The Hall–Kier alpha value is -1.70. The smallest absolute Gasteiger partial charge is 0.161 e. The minimum Gasteiger partial charge on any atom is -0.493 e. The molecule has 3 N–H and O–H groups in total. The number of ether oxygens (including phenoxy) is 2. The Morgan fingerprint density at radius 2 is 2.00 bits per heavy atom. The second kappa shape index (κ2) is 8.41. The van der Waals surface area contributed by atoms with E-state index in [1.165, 1.54) is 0 Å². The van der Waals surface area contributed by atoms with Crippen molar-refractivity contribution in [2.45, 2.75) is 19.4 Å². The topological polar surface area (TPSA) is 56.5 Å². The first kappa shape index (κ1) is 15.4. The lowest BCUT2D eigenvalue weighted by Crippen LogP contribution is -2.28. The van der Waals surface area contributed by atoms with Crippen molar-refractivity contribution in [3.05, 3.63) is 23.8 Å². The molecule has 0 saturated carbocycles. The van der Waals surface area contributed by atoms with Crippen molar-refractivity contribution in [3.8, 4) is 23.3 Å². The van der Waals surface area contributed by atoms with Gasteiger partial charge in [-0.3, -0.25) is 0 Å². The molecule has 0 aliphatic carbocycles. The number of nitrogens with one attached hydrogen (secondary N) is 1. The van der Waals surface area contributed by atoms with Crippen LogP contribution in [0.5, 0.6) is 11.5 Å². The zero-order chi connectivity index (χ0) is 14.1. The van der Waals surface area contributed by atoms with E-state index in [1.54, 1.807) is 14.2 Å². The molecule has 0 aliphatic heterocycles. The quantitative estimate of drug-likeness (QED) is 0.580. The van der Waals surface area contributed by atoms with E-state index in [4.69, 9.17) is 15.2 Å². The third kappa shape index (κ3) is 4.47. The molecule has 1 atom stereocenters. The zero-order valence-corrected chi connectivity index (χ0v) is 11.8. The van der Waals surface area contributed by atoms with Crippen molar-refractivity contribution >= 4 is 0 Å². The van der Waals surface area contributed by atoms with Crippen LogP contribution in [0.15, 0.2) is 18.2 Å². The SMILES string of the molecule is CC#CCCNC(CN)c1ccc(OC)c(OC)c1. The van der Waals surface area contributed by atoms with Crippen LogP contribution in [0.25, 0.3) is 0 Å². The van der Waals surface area contributed by atoms with Crippen molar-refractivity contribution in [2.24, 2.45) is 5.73 Å². The molecule has 19 heavy (non-hydrogen) atoms. The average molecular weight is 262 g/mol. The van der Waals surface area contributed by atoms with Crippen LogP contribution in [0, 0.1) is 11.8 Å². The Kier molecular flexibility index (Phi) is 6.80. The van der Waals surface area contributed by atoms with E-state index in [2.05, 4.69) is 17.2 Å². The third-order valence-corrected chi connectivity index (χ3v) is 2.86. The minimum atomic E-state index is 0.0958. The first-order valence-electron chi connectivity index (χ1n) is 6.31. The van der Waals surface area contributed by atoms with E-state index in [0.29, 0.717) is 12.3 Å². The minimum absolute atomic E-state index is 0.0958. The van der Waals surface area contributed by atoms with Gasteiger partial charge in [-0.25, -0.2) is 0 Å². The van der Waals surface area contributed by atoms with E-state index >= 15 is 0 Å². The Morgan fingerprint density at radius 3 is 2.58 bits per heavy atom. The third-order valence-electron chi connectivity index (χ3n) is 2.86. The van der Waals surface area contributed by atoms with Crippen LogP contribution in [0.3, 0.4) is 0 Å². The van der Waals surface area contributed by atoms with E-state index in [0.717, 1.165) is 24.3 Å². The lowest BCUT2D eigenvalue weighted by Gasteiger charge is -2.18. The number of methoxy groups -OCH3 is 2. The molecule has 0 spiro atoms. The fourth-order valence-electron chi connectivity index (χ4n) is 1.84. The maximum atomic E-state index is 5.81. The fraction of sp³-hybridized carbons (Fsp3) is 0.467. The van der Waals surface area contributed by atoms with Gasteiger partial charge in [0.25, 0.3) is 0 Å². The molecule has 0 fully saturated rings. The standard InChI is InChI=1S/C15H22N2O2/c1-4-5-6-9-17-13(11-16)12-7-8-14(18-2)15(10-12)19-3/h7-8,10,13,17H,6,9,11,16H2,1-3H3. The van der Waals surface area contributed by atoms with Crippen molar-refractivity contribution in [1.29, 1.82) is 0 Å². The molecule has 4 nitrogen and oxygen atoms in total. The number of hydrogen-bond donors (Lipinski definition) is 2. The highest BCUT2D eigenvalue weighted by Gasteiger charge is 2.12. The fourth-order valence-corrected chi connectivity index (χ4v) is 1.84. The average Bonchev–Trinajstić information content (AvgIpc) is 2.46. The molecule has 1 rings (SSSR count). The van der Waals surface area contributed by atoms with Gasteiger partial charge < -0.3 is 20.5 Å². The van der Waals surface area contributed by atoms with E-state index in [9.17, 15) is 0 Å². The Morgan fingerprint density at radius 1 is 1.26 bits per heavy atom. The van der Waals surface area contributed by atoms with Crippen LogP contribution in [0.2, 0.25) is 0 Å². The van der Waals surface area contributed by atoms with Crippen LogP contribution in [-0.2, 0) is 0 Å². The second-order valence-electron chi connectivity index (χ2n) is 4.03. The predicted molar refractivity (Wildman–Crippen MR) is 77.4 cm³/mol. The molecule has 1 aromatic carbocycles. The molecule has 0 radical (unpaired) electrons. The maximum Gasteiger partial charge on any atom is 0.161 e. The highest BCUT2D eigenvalue weighted by Crippen LogP contribution is 2.29. The van der Waals surface area contributed by atoms with Crippen LogP contribution in [0.1, 0.15) is 24.9 Å². The molecular formula is C15H22N2O2. The molecule has 0 bridgehead atoms. The lowest BCUT2D eigenvalue weighted by molar-refractivity contribution is 0.354. The highest BCUT2D eigenvalue weighted by atomic mass is 16.5. The van der Waals surface area contributed by atoms with Gasteiger partial charge in [0.05, 0.1) is 14.2 Å². The molecule has 1 unspecified atom stereocenters. The molecule has 104 valence electrons. The molecule has 0 aliphatic rings. The molecule has 1 aromatic rings. The first-order valence-corrected chi connectivity index (χ1v) is 6.31. The number of nitrogens with two attached hydrogens (primary N) is 1. The Bertz CT molecular complexity index is 449. The summed E-state index contributed by atoms with van der Waals surface area (Å²) in [5.41, 5.74) is 6.90. The molecule has 0 saturated heterocycles. The molecule has 0 aromatic heterocycles. The van der Waals surface area contributed by atoms with E-state index in [1.807, 2.05) is 25.1 Å². The summed E-state index contributed by atoms with van der Waals surface area (Å²) in [5.74, 6) is 7.33. The van der Waals surface area contributed by atoms with Crippen LogP contribution in [-0.4, -0.2) is 27.3 Å². The summed E-state index contributed by atoms with van der Waals surface area (Å²) in [7, 11) is 3.25. The molecule has 4 heteroatoms. The molecular weight excluding hydrogens is 240 g/mol. The summed E-state index contributed by atoms with van der Waals surface area (Å²) in [6, 6.07) is 5.94. The van der Waals surface area contributed by atoms with Gasteiger partial charge in [-0.15, -0.1) is 11.8 Å². The van der Waals surface area contributed by atoms with Crippen LogP contribution >= 0.6 is 0 Å². The maximum absolute atomic E-state index is 5.81. The van der Waals surface area contributed by atoms with Gasteiger partial charge in [-0.1, -0.05) is 6.07 Å². The zero-order valence-electron chi connectivity index (χ0n) is 11.8.